The second-order valence-electron chi connectivity index (χ2n) is 5.60. The van der Waals surface area contributed by atoms with E-state index < -0.39 is 0 Å². The van der Waals surface area contributed by atoms with Crippen molar-refractivity contribution in [2.24, 2.45) is 0 Å². The van der Waals surface area contributed by atoms with Crippen molar-refractivity contribution in [1.82, 2.24) is 14.9 Å². The molecule has 0 saturated carbocycles. The summed E-state index contributed by atoms with van der Waals surface area (Å²) < 4.78 is 5.14. The summed E-state index contributed by atoms with van der Waals surface area (Å²) in [5.74, 6) is 1.37. The number of carbonyl (C=O) groups is 1. The van der Waals surface area contributed by atoms with E-state index in [4.69, 9.17) is 4.42 Å². The van der Waals surface area contributed by atoms with Gasteiger partial charge in [-0.15, -0.1) is 0 Å². The fourth-order valence-corrected chi connectivity index (χ4v) is 2.83. The van der Waals surface area contributed by atoms with Gasteiger partial charge in [0, 0.05) is 24.8 Å². The van der Waals surface area contributed by atoms with E-state index in [1.165, 1.54) is 6.39 Å². The van der Waals surface area contributed by atoms with E-state index in [2.05, 4.69) is 15.3 Å². The maximum Gasteiger partial charge on any atom is 0.276 e. The van der Waals surface area contributed by atoms with Crippen LogP contribution < -0.4 is 5.32 Å². The number of nitrogens with zero attached hydrogens (tertiary/aromatic N) is 3. The van der Waals surface area contributed by atoms with Crippen molar-refractivity contribution >= 4 is 11.7 Å². The first-order valence-electron chi connectivity index (χ1n) is 7.54. The van der Waals surface area contributed by atoms with Gasteiger partial charge in [-0.05, 0) is 38.8 Å². The number of likely N-dealkylation sites (tertiary alicyclic amines) is 1. The Kier molecular flexibility index (Phi) is 4.09. The molecule has 6 heteroatoms. The summed E-state index contributed by atoms with van der Waals surface area (Å²) in [6.45, 7) is 5.18. The molecule has 0 bridgehead atoms. The number of aryl methyl sites for hydroxylation is 2. The number of nitrogens with one attached hydrogen (secondary N) is 1. The second kappa shape index (κ2) is 6.17. The highest BCUT2D eigenvalue weighted by Gasteiger charge is 2.31. The van der Waals surface area contributed by atoms with Gasteiger partial charge in [0.15, 0.2) is 12.1 Å². The van der Waals surface area contributed by atoms with Gasteiger partial charge in [-0.25, -0.2) is 9.97 Å². The fourth-order valence-electron chi connectivity index (χ4n) is 2.83. The third kappa shape index (κ3) is 2.95. The number of aromatic nitrogens is 2. The Labute approximate surface area is 129 Å². The quantitative estimate of drug-likeness (QED) is 0.939. The number of amides is 1. The zero-order valence-electron chi connectivity index (χ0n) is 12.9. The van der Waals surface area contributed by atoms with Gasteiger partial charge in [0.25, 0.3) is 5.91 Å². The maximum absolute atomic E-state index is 12.6. The number of rotatable bonds is 4. The van der Waals surface area contributed by atoms with Crippen molar-refractivity contribution < 1.29 is 9.21 Å². The zero-order chi connectivity index (χ0) is 15.5. The van der Waals surface area contributed by atoms with E-state index in [0.29, 0.717) is 18.0 Å². The molecule has 0 spiro atoms. The Balaban J connectivity index is 1.66. The van der Waals surface area contributed by atoms with Crippen molar-refractivity contribution in [2.75, 3.05) is 18.4 Å². The van der Waals surface area contributed by atoms with Crippen LogP contribution in [0, 0.1) is 13.8 Å². The van der Waals surface area contributed by atoms with Crippen LogP contribution in [-0.4, -0.2) is 39.9 Å². The summed E-state index contributed by atoms with van der Waals surface area (Å²) in [6, 6.07) is 6.03. The predicted molar refractivity (Wildman–Crippen MR) is 82.8 cm³/mol. The summed E-state index contributed by atoms with van der Waals surface area (Å²) in [6.07, 6.45) is 3.32. The Morgan fingerprint density at radius 3 is 3.05 bits per heavy atom. The molecule has 1 atom stereocenters. The number of hydrogen-bond donors (Lipinski definition) is 1. The summed E-state index contributed by atoms with van der Waals surface area (Å²) in [5, 5.41) is 3.32. The van der Waals surface area contributed by atoms with Crippen LogP contribution in [0.3, 0.4) is 0 Å². The lowest BCUT2D eigenvalue weighted by atomic mass is 10.2. The molecule has 1 fully saturated rings. The van der Waals surface area contributed by atoms with Gasteiger partial charge < -0.3 is 14.6 Å². The number of carbonyl (C=O) groups excluding carboxylic acids is 1. The lowest BCUT2D eigenvalue weighted by Gasteiger charge is -2.24. The number of hydrogen-bond acceptors (Lipinski definition) is 5. The number of pyridine rings is 1. The first kappa shape index (κ1) is 14.6. The van der Waals surface area contributed by atoms with Crippen LogP contribution in [-0.2, 0) is 0 Å². The molecule has 1 N–H and O–H groups in total. The van der Waals surface area contributed by atoms with Crippen molar-refractivity contribution in [3.05, 3.63) is 41.7 Å². The molecule has 2 aromatic rings. The smallest absolute Gasteiger partial charge is 0.276 e. The van der Waals surface area contributed by atoms with Gasteiger partial charge in [0.05, 0.1) is 0 Å². The number of anilines is 1. The lowest BCUT2D eigenvalue weighted by molar-refractivity contribution is 0.0736. The average Bonchev–Trinajstić information content (AvgIpc) is 3.13. The van der Waals surface area contributed by atoms with Gasteiger partial charge in [0.1, 0.15) is 11.6 Å². The minimum atomic E-state index is -0.0484. The third-order valence-electron chi connectivity index (χ3n) is 3.99. The molecule has 2 aromatic heterocycles. The Hall–Kier alpha value is -2.37. The molecular weight excluding hydrogens is 280 g/mol. The standard InChI is InChI=1S/C16H20N4O2/c1-11-5-3-7-14(19-11)17-9-13-6-4-8-20(13)16(21)15-12(2)22-10-18-15/h3,5,7,10,13H,4,6,8-9H2,1-2H3,(H,17,19). The molecule has 0 radical (unpaired) electrons. The summed E-state index contributed by atoms with van der Waals surface area (Å²) >= 11 is 0. The Morgan fingerprint density at radius 2 is 2.32 bits per heavy atom. The molecule has 1 aliphatic heterocycles. The molecule has 0 aliphatic carbocycles. The topological polar surface area (TPSA) is 71.3 Å². The fraction of sp³-hybridized carbons (Fsp3) is 0.438. The summed E-state index contributed by atoms with van der Waals surface area (Å²) in [4.78, 5) is 22.9. The molecule has 3 rings (SSSR count). The van der Waals surface area contributed by atoms with Crippen LogP contribution in [0.15, 0.2) is 29.0 Å². The van der Waals surface area contributed by atoms with Crippen LogP contribution in [0.2, 0.25) is 0 Å². The van der Waals surface area contributed by atoms with E-state index in [9.17, 15) is 4.79 Å². The van der Waals surface area contributed by atoms with E-state index >= 15 is 0 Å². The predicted octanol–water partition coefficient (Wildman–Crippen LogP) is 2.40. The van der Waals surface area contributed by atoms with E-state index in [0.717, 1.165) is 30.9 Å². The molecule has 116 valence electrons. The third-order valence-corrected chi connectivity index (χ3v) is 3.99. The molecule has 1 aliphatic rings. The molecule has 1 amide bonds. The maximum atomic E-state index is 12.6. The largest absolute Gasteiger partial charge is 0.448 e. The average molecular weight is 300 g/mol. The van der Waals surface area contributed by atoms with Crippen LogP contribution >= 0.6 is 0 Å². The van der Waals surface area contributed by atoms with Gasteiger partial charge >= 0.3 is 0 Å². The Bertz CT molecular complexity index is 668. The van der Waals surface area contributed by atoms with Crippen molar-refractivity contribution in [3.8, 4) is 0 Å². The molecule has 1 unspecified atom stereocenters. The monoisotopic (exact) mass is 300 g/mol. The molecule has 22 heavy (non-hydrogen) atoms. The molecule has 6 nitrogen and oxygen atoms in total. The normalized spacial score (nSPS) is 17.7. The lowest BCUT2D eigenvalue weighted by Crippen LogP contribution is -2.40. The molecular formula is C16H20N4O2. The van der Waals surface area contributed by atoms with E-state index in [1.54, 1.807) is 6.92 Å². The highest BCUT2D eigenvalue weighted by molar-refractivity contribution is 5.93. The van der Waals surface area contributed by atoms with Crippen molar-refractivity contribution in [3.63, 3.8) is 0 Å². The molecule has 3 heterocycles. The first-order valence-corrected chi connectivity index (χ1v) is 7.54. The highest BCUT2D eigenvalue weighted by atomic mass is 16.3. The first-order chi connectivity index (χ1) is 10.6. The summed E-state index contributed by atoms with van der Waals surface area (Å²) in [7, 11) is 0. The molecule has 0 aromatic carbocycles. The van der Waals surface area contributed by atoms with Crippen molar-refractivity contribution in [1.29, 1.82) is 0 Å². The van der Waals surface area contributed by atoms with Crippen LogP contribution in [0.5, 0.6) is 0 Å². The van der Waals surface area contributed by atoms with Crippen molar-refractivity contribution in [2.45, 2.75) is 32.7 Å². The number of oxazole rings is 1. The van der Waals surface area contributed by atoms with Crippen LogP contribution in [0.4, 0.5) is 5.82 Å². The zero-order valence-corrected chi connectivity index (χ0v) is 12.9. The van der Waals surface area contributed by atoms with Gasteiger partial charge in [0.2, 0.25) is 0 Å². The highest BCUT2D eigenvalue weighted by Crippen LogP contribution is 2.21. The van der Waals surface area contributed by atoms with Gasteiger partial charge in [-0.1, -0.05) is 6.07 Å². The minimum absolute atomic E-state index is 0.0484. The minimum Gasteiger partial charge on any atom is -0.448 e. The van der Waals surface area contributed by atoms with Gasteiger partial charge in [-0.2, -0.15) is 0 Å². The van der Waals surface area contributed by atoms with Crippen LogP contribution in [0.25, 0.3) is 0 Å². The SMILES string of the molecule is Cc1cccc(NCC2CCCN2C(=O)c2ncoc2C)n1. The van der Waals surface area contributed by atoms with Crippen LogP contribution in [0.1, 0.15) is 34.8 Å². The van der Waals surface area contributed by atoms with E-state index in [-0.39, 0.29) is 11.9 Å². The molecule has 1 saturated heterocycles. The van der Waals surface area contributed by atoms with Gasteiger partial charge in [-0.3, -0.25) is 4.79 Å². The van der Waals surface area contributed by atoms with E-state index in [1.807, 2.05) is 30.0 Å². The second-order valence-corrected chi connectivity index (χ2v) is 5.60. The Morgan fingerprint density at radius 1 is 1.45 bits per heavy atom. The summed E-state index contributed by atoms with van der Waals surface area (Å²) in [5.41, 5.74) is 1.39.